The van der Waals surface area contributed by atoms with Gasteiger partial charge in [-0.1, -0.05) is 97.1 Å². The molecule has 2 unspecified atom stereocenters. The number of carbonyl (C=O) groups excluding carboxylic acids is 1. The summed E-state index contributed by atoms with van der Waals surface area (Å²) >= 11 is 0. The van der Waals surface area contributed by atoms with Crippen molar-refractivity contribution in [2.75, 3.05) is 26.2 Å². The second-order valence-corrected chi connectivity index (χ2v) is 10.2. The van der Waals surface area contributed by atoms with Crippen molar-refractivity contribution in [3.05, 3.63) is 120 Å². The van der Waals surface area contributed by atoms with E-state index < -0.39 is 5.60 Å². The molecule has 1 saturated heterocycles. The van der Waals surface area contributed by atoms with Crippen LogP contribution in [0.15, 0.2) is 104 Å². The number of amides is 1. The van der Waals surface area contributed by atoms with E-state index in [4.69, 9.17) is 4.74 Å². The van der Waals surface area contributed by atoms with Gasteiger partial charge in [-0.25, -0.2) is 0 Å². The molecule has 1 aliphatic heterocycles. The van der Waals surface area contributed by atoms with Gasteiger partial charge in [0.1, 0.15) is 0 Å². The Morgan fingerprint density at radius 3 is 1.94 bits per heavy atom. The molecule has 1 aliphatic carbocycles. The summed E-state index contributed by atoms with van der Waals surface area (Å²) in [5.41, 5.74) is 1.81. The second-order valence-electron chi connectivity index (χ2n) is 10.2. The van der Waals surface area contributed by atoms with E-state index in [1.165, 1.54) is 18.4 Å². The number of fused-ring (bicyclic) bond motifs is 2. The molecular formula is C32H36N2O2. The molecule has 5 rings (SSSR count). The topological polar surface area (TPSA) is 41.6 Å². The van der Waals surface area contributed by atoms with E-state index in [2.05, 4.69) is 47.1 Å². The van der Waals surface area contributed by atoms with Gasteiger partial charge in [0, 0.05) is 26.2 Å². The summed E-state index contributed by atoms with van der Waals surface area (Å²) in [6, 6.07) is 30.4. The zero-order chi connectivity index (χ0) is 24.8. The molecule has 1 heterocycles. The van der Waals surface area contributed by atoms with E-state index in [1.54, 1.807) is 6.08 Å². The summed E-state index contributed by atoms with van der Waals surface area (Å²) in [7, 11) is 0. The van der Waals surface area contributed by atoms with E-state index in [1.807, 2.05) is 60.7 Å². The van der Waals surface area contributed by atoms with Crippen molar-refractivity contribution in [2.24, 2.45) is 17.8 Å². The van der Waals surface area contributed by atoms with Crippen molar-refractivity contribution in [2.45, 2.75) is 25.0 Å². The van der Waals surface area contributed by atoms with Crippen LogP contribution in [-0.4, -0.2) is 37.0 Å². The number of hydrogen-bond donors (Lipinski definition) is 1. The fourth-order valence-electron chi connectivity index (χ4n) is 6.26. The van der Waals surface area contributed by atoms with Gasteiger partial charge in [0.15, 0.2) is 5.60 Å². The lowest BCUT2D eigenvalue weighted by Gasteiger charge is -2.39. The Balaban J connectivity index is 1.33. The molecular weight excluding hydrogens is 444 g/mol. The molecule has 0 spiro atoms. The fraction of sp³-hybridized carbons (Fsp3) is 0.344. The Kier molecular flexibility index (Phi) is 7.64. The van der Waals surface area contributed by atoms with Crippen LogP contribution >= 0.6 is 0 Å². The average molecular weight is 481 g/mol. The van der Waals surface area contributed by atoms with Crippen molar-refractivity contribution in [1.82, 2.24) is 10.2 Å². The average Bonchev–Trinajstić information content (AvgIpc) is 3.17. The lowest BCUT2D eigenvalue weighted by Crippen LogP contribution is -2.51. The SMILES string of the molecule is C=CCOC(C(=O)NCC1C2CCC1CN(Cc1ccccc1)C2)(c1ccccc1)c1ccccc1. The van der Waals surface area contributed by atoms with E-state index in [0.29, 0.717) is 24.3 Å². The molecule has 1 amide bonds. The highest BCUT2D eigenvalue weighted by molar-refractivity contribution is 5.90. The molecule has 2 bridgehead atoms. The Morgan fingerprint density at radius 2 is 1.42 bits per heavy atom. The normalized spacial score (nSPS) is 21.7. The van der Waals surface area contributed by atoms with Crippen LogP contribution in [0.1, 0.15) is 29.5 Å². The van der Waals surface area contributed by atoms with Crippen molar-refractivity contribution in [3.8, 4) is 0 Å². The summed E-state index contributed by atoms with van der Waals surface area (Å²) in [5, 5.41) is 3.35. The fourth-order valence-corrected chi connectivity index (χ4v) is 6.26. The van der Waals surface area contributed by atoms with Crippen LogP contribution in [0.25, 0.3) is 0 Å². The first kappa shape index (κ1) is 24.5. The van der Waals surface area contributed by atoms with Gasteiger partial charge in [0.2, 0.25) is 0 Å². The molecule has 1 N–H and O–H groups in total. The standard InChI is InChI=1S/C32H36N2O2/c1-2-20-36-32(28-14-8-4-9-15-28,29-16-10-5-11-17-29)31(35)33-21-30-26-18-19-27(30)24-34(23-26)22-25-12-6-3-7-13-25/h2-17,26-27,30H,1,18-24H2,(H,33,35). The molecule has 2 aliphatic rings. The molecule has 2 atom stereocenters. The first-order chi connectivity index (χ1) is 17.7. The van der Waals surface area contributed by atoms with E-state index in [0.717, 1.165) is 30.8 Å². The Morgan fingerprint density at radius 1 is 0.889 bits per heavy atom. The smallest absolute Gasteiger partial charge is 0.261 e. The molecule has 0 radical (unpaired) electrons. The largest absolute Gasteiger partial charge is 0.353 e. The number of nitrogens with one attached hydrogen (secondary N) is 1. The minimum absolute atomic E-state index is 0.104. The third-order valence-electron chi connectivity index (χ3n) is 7.95. The van der Waals surface area contributed by atoms with Gasteiger partial charge in [-0.15, -0.1) is 6.58 Å². The minimum atomic E-state index is -1.22. The number of nitrogens with zero attached hydrogens (tertiary/aromatic N) is 1. The highest BCUT2D eigenvalue weighted by atomic mass is 16.5. The summed E-state index contributed by atoms with van der Waals surface area (Å²) in [6.07, 6.45) is 4.19. The Labute approximate surface area is 215 Å². The van der Waals surface area contributed by atoms with Crippen LogP contribution in [-0.2, 0) is 21.7 Å². The number of carbonyl (C=O) groups is 1. The Bertz CT molecular complexity index is 1080. The Hall–Kier alpha value is -3.21. The number of hydrogen-bond acceptors (Lipinski definition) is 3. The van der Waals surface area contributed by atoms with Gasteiger partial charge in [-0.05, 0) is 47.3 Å². The molecule has 4 heteroatoms. The highest BCUT2D eigenvalue weighted by Gasteiger charge is 2.46. The summed E-state index contributed by atoms with van der Waals surface area (Å²) < 4.78 is 6.37. The van der Waals surface area contributed by atoms with E-state index in [-0.39, 0.29) is 12.5 Å². The van der Waals surface area contributed by atoms with Crippen LogP contribution in [0, 0.1) is 17.8 Å². The lowest BCUT2D eigenvalue weighted by atomic mass is 9.83. The molecule has 3 aromatic rings. The molecule has 4 nitrogen and oxygen atoms in total. The number of piperidine rings is 1. The second kappa shape index (κ2) is 11.2. The zero-order valence-electron chi connectivity index (χ0n) is 20.9. The molecule has 0 aromatic heterocycles. The van der Waals surface area contributed by atoms with Crippen LogP contribution in [0.5, 0.6) is 0 Å². The van der Waals surface area contributed by atoms with Gasteiger partial charge in [-0.2, -0.15) is 0 Å². The molecule has 36 heavy (non-hydrogen) atoms. The third kappa shape index (κ3) is 5.02. The van der Waals surface area contributed by atoms with Crippen molar-refractivity contribution in [1.29, 1.82) is 0 Å². The summed E-state index contributed by atoms with van der Waals surface area (Å²) in [6.45, 7) is 8.00. The number of benzene rings is 3. The molecule has 1 saturated carbocycles. The van der Waals surface area contributed by atoms with Gasteiger partial charge in [0.25, 0.3) is 5.91 Å². The first-order valence-corrected chi connectivity index (χ1v) is 13.1. The number of likely N-dealkylation sites (tertiary alicyclic amines) is 1. The molecule has 3 aromatic carbocycles. The number of ether oxygens (including phenoxy) is 1. The predicted molar refractivity (Wildman–Crippen MR) is 144 cm³/mol. The van der Waals surface area contributed by atoms with Gasteiger partial charge in [-0.3, -0.25) is 9.69 Å². The van der Waals surface area contributed by atoms with Crippen molar-refractivity contribution < 1.29 is 9.53 Å². The van der Waals surface area contributed by atoms with Crippen LogP contribution < -0.4 is 5.32 Å². The van der Waals surface area contributed by atoms with Crippen LogP contribution in [0.3, 0.4) is 0 Å². The van der Waals surface area contributed by atoms with Crippen LogP contribution in [0.2, 0.25) is 0 Å². The predicted octanol–water partition coefficient (Wildman–Crippen LogP) is 5.41. The lowest BCUT2D eigenvalue weighted by molar-refractivity contribution is -0.142. The summed E-state index contributed by atoms with van der Waals surface area (Å²) in [5.74, 6) is 1.63. The van der Waals surface area contributed by atoms with Crippen molar-refractivity contribution in [3.63, 3.8) is 0 Å². The quantitative estimate of drug-likeness (QED) is 0.395. The number of rotatable bonds is 10. The van der Waals surface area contributed by atoms with Gasteiger partial charge >= 0.3 is 0 Å². The minimum Gasteiger partial charge on any atom is -0.353 e. The first-order valence-electron chi connectivity index (χ1n) is 13.1. The monoisotopic (exact) mass is 480 g/mol. The van der Waals surface area contributed by atoms with Gasteiger partial charge in [0.05, 0.1) is 6.61 Å². The molecule has 186 valence electrons. The third-order valence-corrected chi connectivity index (χ3v) is 7.95. The van der Waals surface area contributed by atoms with Gasteiger partial charge < -0.3 is 10.1 Å². The maximum Gasteiger partial charge on any atom is 0.261 e. The van der Waals surface area contributed by atoms with Crippen LogP contribution in [0.4, 0.5) is 0 Å². The summed E-state index contributed by atoms with van der Waals surface area (Å²) in [4.78, 5) is 16.7. The zero-order valence-corrected chi connectivity index (χ0v) is 20.9. The molecule has 2 fully saturated rings. The van der Waals surface area contributed by atoms with E-state index >= 15 is 0 Å². The maximum atomic E-state index is 14.1. The maximum absolute atomic E-state index is 14.1. The highest BCUT2D eigenvalue weighted by Crippen LogP contribution is 2.42. The van der Waals surface area contributed by atoms with E-state index in [9.17, 15) is 4.79 Å². The van der Waals surface area contributed by atoms with Crippen molar-refractivity contribution >= 4 is 5.91 Å².